The Balaban J connectivity index is 0.00000218. The van der Waals surface area contributed by atoms with Crippen LogP contribution in [0.4, 0.5) is 0 Å². The first-order valence-corrected chi connectivity index (χ1v) is 9.86. The van der Waals surface area contributed by atoms with Gasteiger partial charge in [0.05, 0.1) is 18.3 Å². The topological polar surface area (TPSA) is 85.7 Å². The molecule has 0 bridgehead atoms. The molecule has 0 amide bonds. The summed E-state index contributed by atoms with van der Waals surface area (Å²) >= 11 is 1.64. The van der Waals surface area contributed by atoms with Crippen LogP contribution in [0.3, 0.4) is 0 Å². The predicted octanol–water partition coefficient (Wildman–Crippen LogP) is 4.70. The van der Waals surface area contributed by atoms with Gasteiger partial charge in [0.25, 0.3) is 0 Å². The van der Waals surface area contributed by atoms with Gasteiger partial charge in [-0.2, -0.15) is 0 Å². The zero-order chi connectivity index (χ0) is 19.6. The summed E-state index contributed by atoms with van der Waals surface area (Å²) in [7, 11) is 0. The van der Waals surface area contributed by atoms with Crippen LogP contribution in [0, 0.1) is 0 Å². The summed E-state index contributed by atoms with van der Waals surface area (Å²) in [6, 6.07) is 11.1. The number of rotatable bonds is 5. The Hall–Kier alpha value is -3.36. The van der Waals surface area contributed by atoms with Crippen LogP contribution in [0.2, 0.25) is 0 Å². The van der Waals surface area contributed by atoms with Gasteiger partial charge in [-0.15, -0.1) is 23.7 Å². The van der Waals surface area contributed by atoms with Crippen molar-refractivity contribution in [2.45, 2.75) is 6.54 Å². The molecule has 30 heavy (non-hydrogen) atoms. The van der Waals surface area contributed by atoms with Gasteiger partial charge < -0.3 is 18.9 Å². The van der Waals surface area contributed by atoms with E-state index in [2.05, 4.69) is 15.1 Å². The molecule has 0 atom stereocenters. The Kier molecular flexibility index (Phi) is 5.69. The van der Waals surface area contributed by atoms with E-state index < -0.39 is 0 Å². The van der Waals surface area contributed by atoms with E-state index in [1.165, 1.54) is 0 Å². The number of fused-ring (bicyclic) bond motifs is 2. The Morgan fingerprint density at radius 2 is 2.13 bits per heavy atom. The Bertz CT molecular complexity index is 1360. The van der Waals surface area contributed by atoms with Gasteiger partial charge in [0.15, 0.2) is 5.76 Å². The Morgan fingerprint density at radius 1 is 1.20 bits per heavy atom. The first-order valence-electron chi connectivity index (χ1n) is 8.98. The fourth-order valence-electron chi connectivity index (χ4n) is 3.12. The minimum absolute atomic E-state index is 0. The summed E-state index contributed by atoms with van der Waals surface area (Å²) in [6.45, 7) is 1.18. The van der Waals surface area contributed by atoms with Crippen LogP contribution in [0.25, 0.3) is 32.5 Å². The van der Waals surface area contributed by atoms with Crippen molar-refractivity contribution in [3.63, 3.8) is 0 Å². The molecule has 5 aromatic rings. The standard InChI is InChI=1S/C21H16N4O3S.ClH/c26-24-17-10-20(18-11-21-14(12-23-18)3-8-29-21)28-19-2-1-15(9-16(17)19)27-7-6-25-5-4-22-13-25;/h1-5,8-13,26H,6-7H2;1H/b24-17-;. The van der Waals surface area contributed by atoms with Gasteiger partial charge in [-0.05, 0) is 35.7 Å². The van der Waals surface area contributed by atoms with Crippen LogP contribution in [-0.2, 0) is 6.54 Å². The molecular formula is C21H17ClN4O3S. The highest BCUT2D eigenvalue weighted by molar-refractivity contribution is 7.17. The second-order valence-electron chi connectivity index (χ2n) is 6.43. The molecule has 0 saturated carbocycles. The molecule has 0 aliphatic heterocycles. The van der Waals surface area contributed by atoms with Gasteiger partial charge in [0.2, 0.25) is 0 Å². The number of nitrogens with zero attached hydrogens (tertiary/aromatic N) is 4. The molecule has 4 aromatic heterocycles. The molecule has 9 heteroatoms. The van der Waals surface area contributed by atoms with E-state index in [1.54, 1.807) is 29.9 Å². The molecule has 0 radical (unpaired) electrons. The third-order valence-electron chi connectivity index (χ3n) is 4.59. The minimum Gasteiger partial charge on any atom is -0.492 e. The average molecular weight is 441 g/mol. The highest BCUT2D eigenvalue weighted by Gasteiger charge is 2.10. The summed E-state index contributed by atoms with van der Waals surface area (Å²) in [5, 5.41) is 17.2. The maximum atomic E-state index is 9.55. The third kappa shape index (κ3) is 3.87. The number of hydrogen-bond acceptors (Lipinski definition) is 7. The molecule has 0 unspecified atom stereocenters. The number of halogens is 1. The number of aromatic nitrogens is 3. The van der Waals surface area contributed by atoms with Crippen molar-refractivity contribution >= 4 is 44.8 Å². The SMILES string of the molecule is Cl.O/N=c1/cc(-c2cc3sccc3cn2)oc2ccc(OCCn3ccnc3)cc12. The predicted molar refractivity (Wildman–Crippen MR) is 117 cm³/mol. The van der Waals surface area contributed by atoms with Crippen molar-refractivity contribution in [3.05, 3.63) is 72.1 Å². The zero-order valence-corrected chi connectivity index (χ0v) is 17.3. The second kappa shape index (κ2) is 8.56. The van der Waals surface area contributed by atoms with Crippen molar-refractivity contribution in [3.8, 4) is 17.2 Å². The lowest BCUT2D eigenvalue weighted by atomic mass is 10.1. The van der Waals surface area contributed by atoms with Crippen LogP contribution in [-0.4, -0.2) is 26.3 Å². The van der Waals surface area contributed by atoms with Crippen molar-refractivity contribution in [1.82, 2.24) is 14.5 Å². The van der Waals surface area contributed by atoms with E-state index in [9.17, 15) is 5.21 Å². The molecular weight excluding hydrogens is 424 g/mol. The lowest BCUT2D eigenvalue weighted by Crippen LogP contribution is -2.07. The van der Waals surface area contributed by atoms with E-state index in [1.807, 2.05) is 52.7 Å². The van der Waals surface area contributed by atoms with Gasteiger partial charge in [-0.25, -0.2) is 4.98 Å². The van der Waals surface area contributed by atoms with Gasteiger partial charge in [-0.1, -0.05) is 5.16 Å². The monoisotopic (exact) mass is 440 g/mol. The van der Waals surface area contributed by atoms with Crippen LogP contribution in [0.15, 0.2) is 76.3 Å². The molecule has 4 heterocycles. The molecule has 152 valence electrons. The number of pyridine rings is 1. The van der Waals surface area contributed by atoms with Gasteiger partial charge in [-0.3, -0.25) is 4.98 Å². The number of benzene rings is 1. The summed E-state index contributed by atoms with van der Waals surface area (Å²) in [5.41, 5.74) is 1.28. The van der Waals surface area contributed by atoms with Crippen molar-refractivity contribution in [1.29, 1.82) is 0 Å². The van der Waals surface area contributed by atoms with E-state index in [0.717, 1.165) is 10.1 Å². The molecule has 0 saturated heterocycles. The molecule has 0 aliphatic rings. The van der Waals surface area contributed by atoms with Gasteiger partial charge in [0, 0.05) is 34.7 Å². The molecule has 0 aliphatic carbocycles. The number of hydrogen-bond donors (Lipinski definition) is 1. The fraction of sp³-hybridized carbons (Fsp3) is 0.0952. The summed E-state index contributed by atoms with van der Waals surface area (Å²) in [6.07, 6.45) is 7.17. The van der Waals surface area contributed by atoms with Gasteiger partial charge >= 0.3 is 0 Å². The highest BCUT2D eigenvalue weighted by atomic mass is 35.5. The summed E-state index contributed by atoms with van der Waals surface area (Å²) in [4.78, 5) is 8.48. The summed E-state index contributed by atoms with van der Waals surface area (Å²) < 4.78 is 14.9. The van der Waals surface area contributed by atoms with Crippen molar-refractivity contribution < 1.29 is 14.4 Å². The lowest BCUT2D eigenvalue weighted by Gasteiger charge is -2.09. The van der Waals surface area contributed by atoms with E-state index >= 15 is 0 Å². The normalized spacial score (nSPS) is 11.7. The Labute approximate surface area is 181 Å². The summed E-state index contributed by atoms with van der Waals surface area (Å²) in [5.74, 6) is 1.21. The highest BCUT2D eigenvalue weighted by Crippen LogP contribution is 2.27. The first-order chi connectivity index (χ1) is 14.3. The largest absolute Gasteiger partial charge is 0.492 e. The average Bonchev–Trinajstić information content (AvgIpc) is 3.44. The van der Waals surface area contributed by atoms with Crippen LogP contribution in [0.5, 0.6) is 5.75 Å². The smallest absolute Gasteiger partial charge is 0.155 e. The van der Waals surface area contributed by atoms with Crippen LogP contribution < -0.4 is 10.1 Å². The van der Waals surface area contributed by atoms with E-state index in [4.69, 9.17) is 9.15 Å². The molecule has 7 nitrogen and oxygen atoms in total. The van der Waals surface area contributed by atoms with Crippen molar-refractivity contribution in [2.75, 3.05) is 6.61 Å². The number of imidazole rings is 1. The number of thiophene rings is 1. The zero-order valence-electron chi connectivity index (χ0n) is 15.6. The fourth-order valence-corrected chi connectivity index (χ4v) is 3.92. The van der Waals surface area contributed by atoms with Crippen LogP contribution in [0.1, 0.15) is 0 Å². The molecule has 1 N–H and O–H groups in total. The Morgan fingerprint density at radius 3 is 2.97 bits per heavy atom. The van der Waals surface area contributed by atoms with Crippen LogP contribution >= 0.6 is 23.7 Å². The first kappa shape index (κ1) is 19.9. The minimum atomic E-state index is 0. The van der Waals surface area contributed by atoms with Gasteiger partial charge in [0.1, 0.15) is 29.0 Å². The van der Waals surface area contributed by atoms with Crippen molar-refractivity contribution in [2.24, 2.45) is 5.16 Å². The van der Waals surface area contributed by atoms with E-state index in [0.29, 0.717) is 46.7 Å². The molecule has 5 rings (SSSR count). The number of ether oxygens (including phenoxy) is 1. The van der Waals surface area contributed by atoms with E-state index in [-0.39, 0.29) is 12.4 Å². The molecule has 0 fully saturated rings. The maximum absolute atomic E-state index is 9.55. The maximum Gasteiger partial charge on any atom is 0.155 e. The second-order valence-corrected chi connectivity index (χ2v) is 7.38. The third-order valence-corrected chi connectivity index (χ3v) is 5.47. The lowest BCUT2D eigenvalue weighted by molar-refractivity contribution is 0.298. The molecule has 1 aromatic carbocycles. The quantitative estimate of drug-likeness (QED) is 0.316. The molecule has 0 spiro atoms.